The number of rotatable bonds is 1. The molecule has 0 aliphatic heterocycles. The summed E-state index contributed by atoms with van der Waals surface area (Å²) < 4.78 is 13.2. The lowest BCUT2D eigenvalue weighted by atomic mass is 9.78. The molecule has 3 aliphatic rings. The second kappa shape index (κ2) is 6.20. The molecule has 0 saturated carbocycles. The first kappa shape index (κ1) is 16.5. The molecule has 2 atom stereocenters. The van der Waals surface area contributed by atoms with Crippen molar-refractivity contribution < 1.29 is 4.39 Å². The van der Waals surface area contributed by atoms with E-state index in [0.717, 1.165) is 12.8 Å². The molecule has 27 heavy (non-hydrogen) atoms. The highest BCUT2D eigenvalue weighted by Crippen LogP contribution is 2.37. The Morgan fingerprint density at radius 3 is 2.63 bits per heavy atom. The van der Waals surface area contributed by atoms with Crippen LogP contribution in [0.15, 0.2) is 59.7 Å². The van der Waals surface area contributed by atoms with Crippen molar-refractivity contribution in [3.8, 4) is 0 Å². The molecule has 0 N–H and O–H groups in total. The third kappa shape index (κ3) is 2.73. The molecule has 0 bridgehead atoms. The van der Waals surface area contributed by atoms with Crippen molar-refractivity contribution in [2.45, 2.75) is 32.6 Å². The van der Waals surface area contributed by atoms with Crippen LogP contribution in [-0.4, -0.2) is 0 Å². The number of benzene rings is 2. The third-order valence-corrected chi connectivity index (χ3v) is 6.32. The molecular weight excluding hydrogens is 331 g/mol. The number of halogens is 1. The van der Waals surface area contributed by atoms with Gasteiger partial charge in [0.15, 0.2) is 0 Å². The summed E-state index contributed by atoms with van der Waals surface area (Å²) in [5, 5.41) is 2.79. The SMILES string of the molecule is CC1=Cc2ccc3c(c2=CC1C)=CCC1=C3C=C[C@@H](c2ccc(F)cc2)C1. The Balaban J connectivity index is 1.55. The van der Waals surface area contributed by atoms with E-state index in [0.29, 0.717) is 11.8 Å². The predicted molar refractivity (Wildman–Crippen MR) is 112 cm³/mol. The average molecular weight is 354 g/mol. The van der Waals surface area contributed by atoms with Crippen LogP contribution in [0.5, 0.6) is 0 Å². The van der Waals surface area contributed by atoms with Crippen LogP contribution in [0.1, 0.15) is 49.3 Å². The van der Waals surface area contributed by atoms with E-state index in [1.807, 2.05) is 12.1 Å². The predicted octanol–water partition coefficient (Wildman–Crippen LogP) is 5.34. The van der Waals surface area contributed by atoms with Crippen LogP contribution in [-0.2, 0) is 0 Å². The summed E-state index contributed by atoms with van der Waals surface area (Å²) in [6, 6.07) is 11.5. The maximum atomic E-state index is 13.2. The van der Waals surface area contributed by atoms with E-state index in [-0.39, 0.29) is 5.82 Å². The first-order valence-electron chi connectivity index (χ1n) is 9.79. The molecule has 0 radical (unpaired) electrons. The van der Waals surface area contributed by atoms with E-state index in [2.05, 4.69) is 56.4 Å². The maximum Gasteiger partial charge on any atom is 0.123 e. The molecule has 1 unspecified atom stereocenters. The standard InChI is InChI=1S/C26H23F/c1-16-13-20-6-11-24-23-10-5-19(18-3-8-22(27)9-4-18)15-21(23)7-12-25(24)26(20)14-17(16)2/h3-6,8-14,17,19H,7,15H2,1-2H3/t17?,19-/m1/s1. The molecule has 1 heteroatoms. The highest BCUT2D eigenvalue weighted by Gasteiger charge is 2.22. The molecule has 0 amide bonds. The largest absolute Gasteiger partial charge is 0.207 e. The highest BCUT2D eigenvalue weighted by atomic mass is 19.1. The number of allylic oxidation sites excluding steroid dienone is 5. The summed E-state index contributed by atoms with van der Waals surface area (Å²) in [6.07, 6.45) is 13.8. The van der Waals surface area contributed by atoms with Crippen molar-refractivity contribution in [1.29, 1.82) is 0 Å². The van der Waals surface area contributed by atoms with Gasteiger partial charge in [-0.1, -0.05) is 72.7 Å². The molecule has 5 rings (SSSR count). The maximum absolute atomic E-state index is 13.2. The number of fused-ring (bicyclic) bond motifs is 4. The van der Waals surface area contributed by atoms with Crippen molar-refractivity contribution in [3.63, 3.8) is 0 Å². The summed E-state index contributed by atoms with van der Waals surface area (Å²) in [5.41, 5.74) is 8.21. The molecule has 2 aromatic rings. The topological polar surface area (TPSA) is 0 Å². The van der Waals surface area contributed by atoms with E-state index in [1.165, 1.54) is 43.8 Å². The summed E-state index contributed by atoms with van der Waals surface area (Å²) in [6.45, 7) is 4.49. The lowest BCUT2D eigenvalue weighted by Crippen LogP contribution is -2.34. The van der Waals surface area contributed by atoms with Gasteiger partial charge in [-0.25, -0.2) is 4.39 Å². The van der Waals surface area contributed by atoms with Crippen LogP contribution in [0.3, 0.4) is 0 Å². The van der Waals surface area contributed by atoms with Crippen LogP contribution in [0.2, 0.25) is 0 Å². The average Bonchev–Trinajstić information content (AvgIpc) is 2.68. The molecule has 0 heterocycles. The molecule has 3 aliphatic carbocycles. The van der Waals surface area contributed by atoms with Gasteiger partial charge in [-0.3, -0.25) is 0 Å². The minimum atomic E-state index is -0.169. The fourth-order valence-corrected chi connectivity index (χ4v) is 4.59. The Labute approximate surface area is 159 Å². The fourth-order valence-electron chi connectivity index (χ4n) is 4.59. The molecule has 0 nitrogen and oxygen atoms in total. The second-order valence-corrected chi connectivity index (χ2v) is 8.02. The van der Waals surface area contributed by atoms with E-state index in [1.54, 1.807) is 12.1 Å². The Bertz CT molecular complexity index is 1140. The minimum Gasteiger partial charge on any atom is -0.207 e. The van der Waals surface area contributed by atoms with Crippen molar-refractivity contribution in [2.24, 2.45) is 5.92 Å². The number of hydrogen-bond acceptors (Lipinski definition) is 0. The van der Waals surface area contributed by atoms with Gasteiger partial charge in [0.25, 0.3) is 0 Å². The molecule has 0 spiro atoms. The summed E-state index contributed by atoms with van der Waals surface area (Å²) in [4.78, 5) is 0. The molecule has 0 saturated heterocycles. The van der Waals surface area contributed by atoms with Gasteiger partial charge in [-0.15, -0.1) is 0 Å². The third-order valence-electron chi connectivity index (χ3n) is 6.32. The van der Waals surface area contributed by atoms with E-state index in [9.17, 15) is 4.39 Å². The van der Waals surface area contributed by atoms with Gasteiger partial charge in [0.05, 0.1) is 0 Å². The molecule has 134 valence electrons. The normalized spacial score (nSPS) is 22.9. The summed E-state index contributed by atoms with van der Waals surface area (Å²) in [7, 11) is 0. The van der Waals surface area contributed by atoms with Gasteiger partial charge in [0.1, 0.15) is 5.82 Å². The van der Waals surface area contributed by atoms with Crippen LogP contribution in [0, 0.1) is 11.7 Å². The first-order valence-corrected chi connectivity index (χ1v) is 9.79. The molecule has 0 aromatic heterocycles. The van der Waals surface area contributed by atoms with Gasteiger partial charge in [-0.05, 0) is 70.5 Å². The van der Waals surface area contributed by atoms with Crippen molar-refractivity contribution >= 4 is 23.8 Å². The summed E-state index contributed by atoms with van der Waals surface area (Å²) >= 11 is 0. The fraction of sp³-hybridized carbons (Fsp3) is 0.231. The lowest BCUT2D eigenvalue weighted by molar-refractivity contribution is 0.626. The van der Waals surface area contributed by atoms with Gasteiger partial charge in [-0.2, -0.15) is 0 Å². The van der Waals surface area contributed by atoms with Crippen LogP contribution in [0.25, 0.3) is 23.8 Å². The van der Waals surface area contributed by atoms with Gasteiger partial charge in [0.2, 0.25) is 0 Å². The minimum absolute atomic E-state index is 0.169. The van der Waals surface area contributed by atoms with Crippen LogP contribution >= 0.6 is 0 Å². The Morgan fingerprint density at radius 2 is 1.81 bits per heavy atom. The Morgan fingerprint density at radius 1 is 1.00 bits per heavy atom. The zero-order valence-corrected chi connectivity index (χ0v) is 15.8. The molecule has 0 fully saturated rings. The Hall–Kier alpha value is -2.67. The van der Waals surface area contributed by atoms with Crippen LogP contribution in [0.4, 0.5) is 4.39 Å². The monoisotopic (exact) mass is 354 g/mol. The van der Waals surface area contributed by atoms with Crippen molar-refractivity contribution in [1.82, 2.24) is 0 Å². The van der Waals surface area contributed by atoms with Crippen molar-refractivity contribution in [2.75, 3.05) is 0 Å². The highest BCUT2D eigenvalue weighted by molar-refractivity contribution is 5.83. The Kier molecular flexibility index (Phi) is 3.79. The quantitative estimate of drug-likeness (QED) is 0.648. The van der Waals surface area contributed by atoms with Gasteiger partial charge in [0, 0.05) is 5.92 Å². The van der Waals surface area contributed by atoms with E-state index < -0.39 is 0 Å². The molecular formula is C26H23F. The smallest absolute Gasteiger partial charge is 0.123 e. The van der Waals surface area contributed by atoms with E-state index >= 15 is 0 Å². The lowest BCUT2D eigenvalue weighted by Gasteiger charge is -2.26. The number of hydrogen-bond donors (Lipinski definition) is 0. The van der Waals surface area contributed by atoms with Crippen LogP contribution < -0.4 is 10.4 Å². The first-order chi connectivity index (χ1) is 13.1. The molecule has 2 aromatic carbocycles. The van der Waals surface area contributed by atoms with Gasteiger partial charge >= 0.3 is 0 Å². The van der Waals surface area contributed by atoms with Gasteiger partial charge < -0.3 is 0 Å². The van der Waals surface area contributed by atoms with E-state index in [4.69, 9.17) is 0 Å². The zero-order chi connectivity index (χ0) is 18.5. The summed E-state index contributed by atoms with van der Waals surface area (Å²) in [5.74, 6) is 0.671. The zero-order valence-electron chi connectivity index (χ0n) is 15.8. The van der Waals surface area contributed by atoms with Crippen molar-refractivity contribution in [3.05, 3.63) is 92.6 Å². The second-order valence-electron chi connectivity index (χ2n) is 8.02.